The van der Waals surface area contributed by atoms with Crippen LogP contribution in [0.3, 0.4) is 0 Å². The van der Waals surface area contributed by atoms with Gasteiger partial charge in [0.25, 0.3) is 0 Å². The molecule has 0 aromatic rings. The topological polar surface area (TPSA) is 151 Å². The lowest BCUT2D eigenvalue weighted by Gasteiger charge is -2.26. The largest absolute Gasteiger partial charge is 0.480 e. The van der Waals surface area contributed by atoms with Crippen molar-refractivity contribution in [3.8, 4) is 0 Å². The van der Waals surface area contributed by atoms with Crippen LogP contribution in [0, 0.1) is 11.8 Å². The van der Waals surface area contributed by atoms with E-state index in [-0.39, 0.29) is 23.3 Å². The van der Waals surface area contributed by atoms with Gasteiger partial charge in [-0.1, -0.05) is 34.1 Å². The summed E-state index contributed by atoms with van der Waals surface area (Å²) >= 11 is 8.07. The first-order valence-electron chi connectivity index (χ1n) is 9.59. The second-order valence-electron chi connectivity index (χ2n) is 7.43. The van der Waals surface area contributed by atoms with Crippen LogP contribution in [0.4, 0.5) is 0 Å². The molecule has 9 nitrogen and oxygen atoms in total. The zero-order chi connectivity index (χ0) is 22.7. The lowest BCUT2D eigenvalue weighted by Crippen LogP contribution is -2.58. The van der Waals surface area contributed by atoms with Gasteiger partial charge in [-0.3, -0.25) is 14.4 Å². The quantitative estimate of drug-likeness (QED) is 0.193. The molecule has 6 N–H and O–H groups in total. The summed E-state index contributed by atoms with van der Waals surface area (Å²) in [5.74, 6) is -3.01. The van der Waals surface area contributed by atoms with Gasteiger partial charge in [-0.25, -0.2) is 4.79 Å². The Morgan fingerprint density at radius 2 is 1.41 bits per heavy atom. The molecule has 0 aromatic heterocycles. The average Bonchev–Trinajstić information content (AvgIpc) is 2.67. The third-order valence-corrected chi connectivity index (χ3v) is 5.22. The summed E-state index contributed by atoms with van der Waals surface area (Å²) in [6.45, 7) is 7.31. The number of amides is 3. The summed E-state index contributed by atoms with van der Waals surface area (Å²) in [6.07, 6.45) is 0.894. The second-order valence-corrected chi connectivity index (χ2v) is 8.16. The molecule has 5 atom stereocenters. The van der Waals surface area contributed by atoms with Gasteiger partial charge in [0.15, 0.2) is 0 Å². The van der Waals surface area contributed by atoms with Crippen LogP contribution in [0.25, 0.3) is 0 Å². The van der Waals surface area contributed by atoms with E-state index >= 15 is 0 Å². The third kappa shape index (κ3) is 9.72. The van der Waals surface area contributed by atoms with Crippen LogP contribution in [0.5, 0.6) is 0 Å². The number of rotatable bonds is 13. The van der Waals surface area contributed by atoms with Gasteiger partial charge in [-0.2, -0.15) is 25.3 Å². The molecule has 0 aromatic carbocycles. The summed E-state index contributed by atoms with van der Waals surface area (Å²) in [5.41, 5.74) is 5.64. The van der Waals surface area contributed by atoms with Crippen molar-refractivity contribution < 1.29 is 24.3 Å². The van der Waals surface area contributed by atoms with Gasteiger partial charge in [-0.05, 0) is 18.3 Å². The lowest BCUT2D eigenvalue weighted by atomic mass is 9.99. The van der Waals surface area contributed by atoms with Crippen molar-refractivity contribution >= 4 is 48.9 Å². The number of nitrogens with one attached hydrogen (secondary N) is 3. The number of hydrogen-bond acceptors (Lipinski definition) is 7. The van der Waals surface area contributed by atoms with E-state index in [1.807, 2.05) is 20.8 Å². The van der Waals surface area contributed by atoms with E-state index in [9.17, 15) is 24.3 Å². The predicted molar refractivity (Wildman–Crippen MR) is 118 cm³/mol. The zero-order valence-electron chi connectivity index (χ0n) is 17.3. The first-order chi connectivity index (χ1) is 13.5. The fraction of sp³-hybridized carbons (Fsp3) is 0.778. The van der Waals surface area contributed by atoms with Crippen LogP contribution >= 0.6 is 25.3 Å². The number of carbonyl (C=O) groups is 4. The fourth-order valence-corrected chi connectivity index (χ4v) is 2.89. The molecule has 0 aliphatic rings. The lowest BCUT2D eigenvalue weighted by molar-refractivity contribution is -0.143. The summed E-state index contributed by atoms with van der Waals surface area (Å²) in [4.78, 5) is 48.7. The number of nitrogens with two attached hydrogens (primary N) is 1. The Balaban J connectivity index is 5.23. The average molecular weight is 451 g/mol. The van der Waals surface area contributed by atoms with Crippen molar-refractivity contribution in [3.63, 3.8) is 0 Å². The van der Waals surface area contributed by atoms with E-state index in [2.05, 4.69) is 41.2 Å². The molecule has 0 saturated carbocycles. The first kappa shape index (κ1) is 27.5. The van der Waals surface area contributed by atoms with Gasteiger partial charge in [0.1, 0.15) is 18.1 Å². The van der Waals surface area contributed by atoms with Crippen molar-refractivity contribution in [1.29, 1.82) is 0 Å². The van der Waals surface area contributed by atoms with Crippen LogP contribution in [0.2, 0.25) is 0 Å². The number of aliphatic carboxylic acids is 1. The fourth-order valence-electron chi connectivity index (χ4n) is 2.47. The molecule has 0 bridgehead atoms. The van der Waals surface area contributed by atoms with E-state index in [1.165, 1.54) is 0 Å². The Labute approximate surface area is 183 Å². The first-order valence-corrected chi connectivity index (χ1v) is 10.9. The molecule has 5 unspecified atom stereocenters. The van der Waals surface area contributed by atoms with Crippen molar-refractivity contribution in [2.75, 3.05) is 11.5 Å². The number of carboxylic acids is 1. The molecule has 0 heterocycles. The van der Waals surface area contributed by atoms with Gasteiger partial charge in [0.2, 0.25) is 17.7 Å². The highest BCUT2D eigenvalue weighted by molar-refractivity contribution is 7.80. The Morgan fingerprint density at radius 1 is 0.897 bits per heavy atom. The minimum absolute atomic E-state index is 0.0388. The van der Waals surface area contributed by atoms with Crippen LogP contribution < -0.4 is 21.7 Å². The number of thiol groups is 2. The molecule has 0 saturated heterocycles. The predicted octanol–water partition coefficient (Wildman–Crippen LogP) is -0.195. The molecule has 0 spiro atoms. The van der Waals surface area contributed by atoms with E-state index < -0.39 is 47.9 Å². The minimum Gasteiger partial charge on any atom is -0.480 e. The standard InChI is InChI=1S/C18H34N4O5S2/c1-5-10(4)14(18(26)27)22-17(25)13(8-29)21-16(24)12(6-9(2)3)20-15(23)11(19)7-28/h9-14,28-29H,5-8,19H2,1-4H3,(H,20,23)(H,21,24)(H,22,25)(H,26,27). The molecule has 0 aliphatic carbocycles. The van der Waals surface area contributed by atoms with Gasteiger partial charge in [0.05, 0.1) is 6.04 Å². The van der Waals surface area contributed by atoms with Crippen molar-refractivity contribution in [2.45, 2.75) is 64.7 Å². The molecular formula is C18H34N4O5S2. The number of carboxylic acid groups (broad SMARTS) is 1. The van der Waals surface area contributed by atoms with Crippen molar-refractivity contribution in [3.05, 3.63) is 0 Å². The summed E-state index contributed by atoms with van der Waals surface area (Å²) < 4.78 is 0. The van der Waals surface area contributed by atoms with Gasteiger partial charge in [0, 0.05) is 11.5 Å². The number of carbonyl (C=O) groups excluding carboxylic acids is 3. The SMILES string of the molecule is CCC(C)C(NC(=O)C(CS)NC(=O)C(CC(C)C)NC(=O)C(N)CS)C(=O)O. The molecule has 168 valence electrons. The highest BCUT2D eigenvalue weighted by atomic mass is 32.1. The maximum atomic E-state index is 12.7. The van der Waals surface area contributed by atoms with Crippen LogP contribution in [-0.2, 0) is 19.2 Å². The molecule has 11 heteroatoms. The van der Waals surface area contributed by atoms with Gasteiger partial charge in [-0.15, -0.1) is 0 Å². The van der Waals surface area contributed by atoms with E-state index in [1.54, 1.807) is 6.92 Å². The minimum atomic E-state index is -1.15. The molecular weight excluding hydrogens is 416 g/mol. The van der Waals surface area contributed by atoms with E-state index in [0.717, 1.165) is 0 Å². The maximum Gasteiger partial charge on any atom is 0.326 e. The Bertz CT molecular complexity index is 576. The molecule has 0 aliphatic heterocycles. The Kier molecular flexibility index (Phi) is 13.0. The molecule has 0 radical (unpaired) electrons. The Hall–Kier alpha value is -1.46. The highest BCUT2D eigenvalue weighted by Crippen LogP contribution is 2.09. The van der Waals surface area contributed by atoms with Crippen molar-refractivity contribution in [1.82, 2.24) is 16.0 Å². The van der Waals surface area contributed by atoms with Crippen LogP contribution in [-0.4, -0.2) is 64.5 Å². The summed E-state index contributed by atoms with van der Waals surface area (Å²) in [6, 6.07) is -3.89. The molecule has 0 fully saturated rings. The zero-order valence-corrected chi connectivity index (χ0v) is 19.1. The van der Waals surface area contributed by atoms with Crippen molar-refractivity contribution in [2.24, 2.45) is 17.6 Å². The summed E-state index contributed by atoms with van der Waals surface area (Å²) in [5, 5.41) is 16.9. The maximum absolute atomic E-state index is 12.7. The van der Waals surface area contributed by atoms with E-state index in [4.69, 9.17) is 5.73 Å². The number of hydrogen-bond donors (Lipinski definition) is 7. The third-order valence-electron chi connectivity index (χ3n) is 4.47. The molecule has 0 rings (SSSR count). The molecule has 29 heavy (non-hydrogen) atoms. The smallest absolute Gasteiger partial charge is 0.326 e. The second kappa shape index (κ2) is 13.7. The van der Waals surface area contributed by atoms with Crippen LogP contribution in [0.15, 0.2) is 0 Å². The monoisotopic (exact) mass is 450 g/mol. The van der Waals surface area contributed by atoms with Gasteiger partial charge >= 0.3 is 5.97 Å². The molecule has 3 amide bonds. The summed E-state index contributed by atoms with van der Waals surface area (Å²) in [7, 11) is 0. The van der Waals surface area contributed by atoms with Gasteiger partial charge < -0.3 is 26.8 Å². The normalized spacial score (nSPS) is 16.3. The highest BCUT2D eigenvalue weighted by Gasteiger charge is 2.31. The van der Waals surface area contributed by atoms with Crippen LogP contribution in [0.1, 0.15) is 40.5 Å². The van der Waals surface area contributed by atoms with E-state index in [0.29, 0.717) is 12.8 Å². The Morgan fingerprint density at radius 3 is 1.83 bits per heavy atom.